The van der Waals surface area contributed by atoms with E-state index in [2.05, 4.69) is 5.32 Å². The van der Waals surface area contributed by atoms with Gasteiger partial charge in [-0.1, -0.05) is 18.2 Å². The number of nitrogens with zero attached hydrogens (tertiary/aromatic N) is 1. The fourth-order valence-electron chi connectivity index (χ4n) is 2.04. The van der Waals surface area contributed by atoms with E-state index in [-0.39, 0.29) is 6.03 Å². The van der Waals surface area contributed by atoms with Crippen molar-refractivity contribution in [2.24, 2.45) is 0 Å². The molecule has 0 aliphatic heterocycles. The molecule has 0 unspecified atom stereocenters. The van der Waals surface area contributed by atoms with Crippen LogP contribution >= 0.6 is 0 Å². The summed E-state index contributed by atoms with van der Waals surface area (Å²) >= 11 is 0. The van der Waals surface area contributed by atoms with E-state index in [1.807, 2.05) is 24.3 Å². The average Bonchev–Trinajstić information content (AvgIpc) is 2.55. The molecular formula is C16H26N2O4. The molecule has 0 fully saturated rings. The monoisotopic (exact) mass is 310 g/mol. The van der Waals surface area contributed by atoms with Crippen LogP contribution < -0.4 is 10.1 Å². The van der Waals surface area contributed by atoms with Crippen molar-refractivity contribution in [2.45, 2.75) is 6.42 Å². The van der Waals surface area contributed by atoms with Gasteiger partial charge in [-0.05, 0) is 18.1 Å². The molecular weight excluding hydrogens is 284 g/mol. The number of para-hydroxylation sites is 1. The topological polar surface area (TPSA) is 60.0 Å². The van der Waals surface area contributed by atoms with Crippen molar-refractivity contribution in [3.63, 3.8) is 0 Å². The summed E-state index contributed by atoms with van der Waals surface area (Å²) in [7, 11) is 4.89. The summed E-state index contributed by atoms with van der Waals surface area (Å²) < 4.78 is 15.4. The third-order valence-electron chi connectivity index (χ3n) is 3.28. The van der Waals surface area contributed by atoms with E-state index in [1.54, 1.807) is 26.2 Å². The van der Waals surface area contributed by atoms with E-state index >= 15 is 0 Å². The van der Waals surface area contributed by atoms with Gasteiger partial charge in [0.25, 0.3) is 0 Å². The molecule has 6 nitrogen and oxygen atoms in total. The second-order valence-electron chi connectivity index (χ2n) is 4.77. The summed E-state index contributed by atoms with van der Waals surface area (Å²) in [6.07, 6.45) is 0.720. The summed E-state index contributed by atoms with van der Waals surface area (Å²) in [6, 6.07) is 7.70. The van der Waals surface area contributed by atoms with E-state index in [4.69, 9.17) is 14.2 Å². The molecule has 0 aromatic heterocycles. The van der Waals surface area contributed by atoms with E-state index in [9.17, 15) is 4.79 Å². The minimum Gasteiger partial charge on any atom is -0.496 e. The van der Waals surface area contributed by atoms with E-state index in [0.717, 1.165) is 17.7 Å². The van der Waals surface area contributed by atoms with Gasteiger partial charge in [-0.15, -0.1) is 0 Å². The molecule has 1 N–H and O–H groups in total. The number of ether oxygens (including phenoxy) is 3. The maximum atomic E-state index is 12.2. The van der Waals surface area contributed by atoms with Crippen molar-refractivity contribution in [1.29, 1.82) is 0 Å². The Morgan fingerprint density at radius 2 is 1.73 bits per heavy atom. The molecule has 1 rings (SSSR count). The normalized spacial score (nSPS) is 10.3. The van der Waals surface area contributed by atoms with Crippen LogP contribution in [0.3, 0.4) is 0 Å². The van der Waals surface area contributed by atoms with Crippen LogP contribution in [0.4, 0.5) is 4.79 Å². The van der Waals surface area contributed by atoms with Crippen molar-refractivity contribution < 1.29 is 19.0 Å². The van der Waals surface area contributed by atoms with E-state index in [1.165, 1.54) is 0 Å². The van der Waals surface area contributed by atoms with Crippen LogP contribution in [0.15, 0.2) is 24.3 Å². The second-order valence-corrected chi connectivity index (χ2v) is 4.77. The first-order valence-electron chi connectivity index (χ1n) is 7.35. The molecule has 0 aliphatic carbocycles. The zero-order valence-corrected chi connectivity index (χ0v) is 13.6. The van der Waals surface area contributed by atoms with Crippen LogP contribution in [0, 0.1) is 0 Å². The average molecular weight is 310 g/mol. The Labute approximate surface area is 132 Å². The summed E-state index contributed by atoms with van der Waals surface area (Å²) in [6.45, 7) is 2.64. The van der Waals surface area contributed by atoms with Gasteiger partial charge in [0.1, 0.15) is 5.75 Å². The lowest BCUT2D eigenvalue weighted by atomic mass is 10.1. The van der Waals surface area contributed by atoms with Crippen molar-refractivity contribution in [3.8, 4) is 5.75 Å². The molecule has 22 heavy (non-hydrogen) atoms. The molecule has 0 atom stereocenters. The van der Waals surface area contributed by atoms with Gasteiger partial charge in [-0.25, -0.2) is 4.79 Å². The number of hydrogen-bond donors (Lipinski definition) is 1. The lowest BCUT2D eigenvalue weighted by molar-refractivity contribution is 0.122. The first-order valence-corrected chi connectivity index (χ1v) is 7.35. The SMILES string of the molecule is COCCN(CCOC)C(=O)NCCc1ccccc1OC. The summed E-state index contributed by atoms with van der Waals surface area (Å²) in [5.41, 5.74) is 1.07. The highest BCUT2D eigenvalue weighted by Crippen LogP contribution is 2.17. The third-order valence-corrected chi connectivity index (χ3v) is 3.28. The smallest absolute Gasteiger partial charge is 0.317 e. The van der Waals surface area contributed by atoms with Crippen molar-refractivity contribution in [1.82, 2.24) is 10.2 Å². The van der Waals surface area contributed by atoms with Crippen LogP contribution in [0.25, 0.3) is 0 Å². The largest absolute Gasteiger partial charge is 0.496 e. The maximum absolute atomic E-state index is 12.2. The summed E-state index contributed by atoms with van der Waals surface area (Å²) in [5.74, 6) is 0.840. The van der Waals surface area contributed by atoms with Gasteiger partial charge in [-0.3, -0.25) is 0 Å². The van der Waals surface area contributed by atoms with Gasteiger partial charge in [0.2, 0.25) is 0 Å². The molecule has 0 aliphatic rings. The number of carbonyl (C=O) groups excluding carboxylic acids is 1. The molecule has 1 aromatic carbocycles. The summed E-state index contributed by atoms with van der Waals surface area (Å²) in [5, 5.41) is 2.92. The van der Waals surface area contributed by atoms with Gasteiger partial charge in [0.15, 0.2) is 0 Å². The molecule has 124 valence electrons. The van der Waals surface area contributed by atoms with Crippen LogP contribution in [-0.4, -0.2) is 65.1 Å². The minimum atomic E-state index is -0.107. The van der Waals surface area contributed by atoms with Gasteiger partial charge in [-0.2, -0.15) is 0 Å². The second kappa shape index (κ2) is 10.9. The number of urea groups is 1. The molecule has 0 bridgehead atoms. The van der Waals surface area contributed by atoms with Crippen LogP contribution in [0.5, 0.6) is 5.75 Å². The zero-order valence-electron chi connectivity index (χ0n) is 13.6. The third kappa shape index (κ3) is 6.32. The van der Waals surface area contributed by atoms with Gasteiger partial charge in [0.05, 0.1) is 20.3 Å². The van der Waals surface area contributed by atoms with Crippen LogP contribution in [-0.2, 0) is 15.9 Å². The van der Waals surface area contributed by atoms with E-state index < -0.39 is 0 Å². The van der Waals surface area contributed by atoms with E-state index in [0.29, 0.717) is 32.8 Å². The fraction of sp³-hybridized carbons (Fsp3) is 0.562. The number of amides is 2. The molecule has 0 radical (unpaired) electrons. The lowest BCUT2D eigenvalue weighted by Gasteiger charge is -2.22. The highest BCUT2D eigenvalue weighted by Gasteiger charge is 2.12. The Kier molecular flexibility index (Phi) is 9.02. The number of hydrogen-bond acceptors (Lipinski definition) is 4. The van der Waals surface area contributed by atoms with Crippen LogP contribution in [0.2, 0.25) is 0 Å². The van der Waals surface area contributed by atoms with Crippen molar-refractivity contribution >= 4 is 6.03 Å². The van der Waals surface area contributed by atoms with Gasteiger partial charge in [0, 0.05) is 33.9 Å². The van der Waals surface area contributed by atoms with Gasteiger partial charge >= 0.3 is 6.03 Å². The Morgan fingerprint density at radius 1 is 1.09 bits per heavy atom. The molecule has 6 heteroatoms. The standard InChI is InChI=1S/C16H26N2O4/c1-20-12-10-18(11-13-21-2)16(19)17-9-8-14-6-4-5-7-15(14)22-3/h4-7H,8-13H2,1-3H3,(H,17,19). The Morgan fingerprint density at radius 3 is 2.32 bits per heavy atom. The number of methoxy groups -OCH3 is 3. The Balaban J connectivity index is 2.44. The molecule has 0 spiro atoms. The molecule has 0 saturated carbocycles. The number of carbonyl (C=O) groups is 1. The first-order chi connectivity index (χ1) is 10.7. The first kappa shape index (κ1) is 18.3. The Hall–Kier alpha value is -1.79. The molecule has 0 saturated heterocycles. The predicted octanol–water partition coefficient (Wildman–Crippen LogP) is 1.54. The number of benzene rings is 1. The molecule has 1 aromatic rings. The van der Waals surface area contributed by atoms with Crippen LogP contribution in [0.1, 0.15) is 5.56 Å². The van der Waals surface area contributed by atoms with Crippen molar-refractivity contribution in [2.75, 3.05) is 54.2 Å². The predicted molar refractivity (Wildman–Crippen MR) is 85.4 cm³/mol. The van der Waals surface area contributed by atoms with Gasteiger partial charge < -0.3 is 24.4 Å². The summed E-state index contributed by atoms with van der Waals surface area (Å²) in [4.78, 5) is 13.9. The lowest BCUT2D eigenvalue weighted by Crippen LogP contribution is -2.43. The fourth-order valence-corrected chi connectivity index (χ4v) is 2.04. The zero-order chi connectivity index (χ0) is 16.2. The molecule has 2 amide bonds. The quantitative estimate of drug-likeness (QED) is 0.712. The maximum Gasteiger partial charge on any atom is 0.317 e. The molecule has 0 heterocycles. The van der Waals surface area contributed by atoms with Crippen molar-refractivity contribution in [3.05, 3.63) is 29.8 Å². The minimum absolute atomic E-state index is 0.107. The highest BCUT2D eigenvalue weighted by molar-refractivity contribution is 5.74. The Bertz CT molecular complexity index is 432. The number of rotatable bonds is 10. The highest BCUT2D eigenvalue weighted by atomic mass is 16.5. The number of nitrogens with one attached hydrogen (secondary N) is 1.